The van der Waals surface area contributed by atoms with E-state index < -0.39 is 0 Å². The van der Waals surface area contributed by atoms with Gasteiger partial charge in [-0.2, -0.15) is 0 Å². The molecule has 0 aliphatic heterocycles. The first-order valence-corrected chi connectivity index (χ1v) is 6.50. The van der Waals surface area contributed by atoms with Gasteiger partial charge in [0, 0.05) is 25.8 Å². The summed E-state index contributed by atoms with van der Waals surface area (Å²) in [6, 6.07) is 4.31. The zero-order valence-corrected chi connectivity index (χ0v) is 11.6. The zero-order valence-electron chi connectivity index (χ0n) is 11.6. The minimum atomic E-state index is 0.902. The van der Waals surface area contributed by atoms with Crippen LogP contribution in [-0.4, -0.2) is 25.6 Å². The molecule has 0 unspecified atom stereocenters. The molecule has 0 spiro atoms. The van der Waals surface area contributed by atoms with Gasteiger partial charge in [-0.25, -0.2) is 4.98 Å². The van der Waals surface area contributed by atoms with Crippen molar-refractivity contribution in [3.05, 3.63) is 23.4 Å². The van der Waals surface area contributed by atoms with E-state index in [1.165, 1.54) is 24.8 Å². The lowest BCUT2D eigenvalue weighted by atomic mass is 10.2. The van der Waals surface area contributed by atoms with Crippen molar-refractivity contribution < 1.29 is 0 Å². The van der Waals surface area contributed by atoms with Crippen LogP contribution in [0.1, 0.15) is 37.4 Å². The summed E-state index contributed by atoms with van der Waals surface area (Å²) in [4.78, 5) is 6.84. The van der Waals surface area contributed by atoms with Gasteiger partial charge in [0.15, 0.2) is 0 Å². The van der Waals surface area contributed by atoms with Crippen LogP contribution in [0.3, 0.4) is 0 Å². The Labute approximate surface area is 105 Å². The molecule has 3 heteroatoms. The highest BCUT2D eigenvalue weighted by atomic mass is 15.2. The smallest absolute Gasteiger partial charge is 0.128 e. The normalized spacial score (nSPS) is 10.6. The first-order valence-electron chi connectivity index (χ1n) is 6.50. The quantitative estimate of drug-likeness (QED) is 0.737. The van der Waals surface area contributed by atoms with E-state index in [1.54, 1.807) is 0 Å². The summed E-state index contributed by atoms with van der Waals surface area (Å²) >= 11 is 0. The van der Waals surface area contributed by atoms with Gasteiger partial charge in [0.25, 0.3) is 0 Å². The number of unbranched alkanes of at least 4 members (excludes halogenated alkanes) is 2. The van der Waals surface area contributed by atoms with Crippen molar-refractivity contribution in [3.8, 4) is 0 Å². The molecule has 0 aliphatic rings. The summed E-state index contributed by atoms with van der Waals surface area (Å²) in [5, 5.41) is 3.18. The lowest BCUT2D eigenvalue weighted by Gasteiger charge is -2.19. The molecule has 17 heavy (non-hydrogen) atoms. The Morgan fingerprint density at radius 1 is 1.29 bits per heavy atom. The third kappa shape index (κ3) is 4.73. The third-order valence-electron chi connectivity index (χ3n) is 2.87. The zero-order chi connectivity index (χ0) is 12.7. The maximum absolute atomic E-state index is 4.59. The number of hydrogen-bond donors (Lipinski definition) is 1. The van der Waals surface area contributed by atoms with Crippen molar-refractivity contribution >= 4 is 5.82 Å². The summed E-state index contributed by atoms with van der Waals surface area (Å²) in [6.07, 6.45) is 3.80. The topological polar surface area (TPSA) is 28.2 Å². The molecule has 0 saturated carbocycles. The van der Waals surface area contributed by atoms with Gasteiger partial charge in [-0.05, 0) is 38.1 Å². The number of hydrogen-bond acceptors (Lipinski definition) is 3. The average Bonchev–Trinajstić information content (AvgIpc) is 2.29. The first-order chi connectivity index (χ1) is 8.17. The van der Waals surface area contributed by atoms with E-state index >= 15 is 0 Å². The summed E-state index contributed by atoms with van der Waals surface area (Å²) in [6.45, 7) is 6.28. The van der Waals surface area contributed by atoms with Crippen LogP contribution >= 0.6 is 0 Å². The second kappa shape index (κ2) is 7.28. The average molecular weight is 235 g/mol. The molecule has 96 valence electrons. The van der Waals surface area contributed by atoms with E-state index in [9.17, 15) is 0 Å². The van der Waals surface area contributed by atoms with Crippen LogP contribution in [0.5, 0.6) is 0 Å². The molecule has 1 rings (SSSR count). The molecule has 0 aliphatic carbocycles. The van der Waals surface area contributed by atoms with E-state index in [0.717, 1.165) is 24.6 Å². The van der Waals surface area contributed by atoms with Gasteiger partial charge in [0.2, 0.25) is 0 Å². The molecule has 0 radical (unpaired) electrons. The molecule has 1 aromatic rings. The molecule has 0 amide bonds. The van der Waals surface area contributed by atoms with Gasteiger partial charge in [-0.3, -0.25) is 0 Å². The van der Waals surface area contributed by atoms with Gasteiger partial charge in [0.1, 0.15) is 5.82 Å². The number of nitrogens with one attached hydrogen (secondary N) is 1. The van der Waals surface area contributed by atoms with E-state index in [1.807, 2.05) is 7.05 Å². The summed E-state index contributed by atoms with van der Waals surface area (Å²) in [7, 11) is 4.10. The van der Waals surface area contributed by atoms with Crippen molar-refractivity contribution in [3.63, 3.8) is 0 Å². The van der Waals surface area contributed by atoms with Crippen molar-refractivity contribution in [2.45, 2.75) is 39.7 Å². The number of aryl methyl sites for hydroxylation is 1. The van der Waals surface area contributed by atoms with E-state index in [-0.39, 0.29) is 0 Å². The molecule has 1 heterocycles. The minimum Gasteiger partial charge on any atom is -0.360 e. The fourth-order valence-electron chi connectivity index (χ4n) is 1.94. The molecule has 1 aromatic heterocycles. The van der Waals surface area contributed by atoms with E-state index in [0.29, 0.717) is 0 Å². The van der Waals surface area contributed by atoms with Crippen LogP contribution in [0.2, 0.25) is 0 Å². The van der Waals surface area contributed by atoms with Gasteiger partial charge < -0.3 is 10.2 Å². The van der Waals surface area contributed by atoms with Gasteiger partial charge in [-0.15, -0.1) is 0 Å². The minimum absolute atomic E-state index is 0.902. The van der Waals surface area contributed by atoms with Crippen molar-refractivity contribution in [2.24, 2.45) is 0 Å². The molecular formula is C14H25N3. The highest BCUT2D eigenvalue weighted by Crippen LogP contribution is 2.14. The monoisotopic (exact) mass is 235 g/mol. The van der Waals surface area contributed by atoms with E-state index in [2.05, 4.69) is 48.2 Å². The molecule has 0 bridgehead atoms. The highest BCUT2D eigenvalue weighted by Gasteiger charge is 2.04. The van der Waals surface area contributed by atoms with Gasteiger partial charge in [-0.1, -0.05) is 19.8 Å². The van der Waals surface area contributed by atoms with Crippen molar-refractivity contribution in [1.82, 2.24) is 10.3 Å². The maximum atomic E-state index is 4.59. The largest absolute Gasteiger partial charge is 0.360 e. The molecule has 1 N–H and O–H groups in total. The van der Waals surface area contributed by atoms with Gasteiger partial charge >= 0.3 is 0 Å². The standard InChI is InChI=1S/C14H25N3/c1-5-6-7-8-17(4)14-10-13(11-15-3)9-12(2)16-14/h9-10,15H,5-8,11H2,1-4H3. The lowest BCUT2D eigenvalue weighted by Crippen LogP contribution is -2.20. The van der Waals surface area contributed by atoms with Gasteiger partial charge in [0.05, 0.1) is 0 Å². The Morgan fingerprint density at radius 3 is 2.71 bits per heavy atom. The van der Waals surface area contributed by atoms with Crippen LogP contribution in [0.15, 0.2) is 12.1 Å². The fraction of sp³-hybridized carbons (Fsp3) is 0.643. The molecule has 0 aromatic carbocycles. The molecular weight excluding hydrogens is 210 g/mol. The molecule has 3 nitrogen and oxygen atoms in total. The Morgan fingerprint density at radius 2 is 2.06 bits per heavy atom. The van der Waals surface area contributed by atoms with Crippen LogP contribution in [0.25, 0.3) is 0 Å². The summed E-state index contributed by atoms with van der Waals surface area (Å²) in [5.41, 5.74) is 2.40. The number of rotatable bonds is 7. The van der Waals surface area contributed by atoms with Crippen LogP contribution in [-0.2, 0) is 6.54 Å². The molecule has 0 fully saturated rings. The van der Waals surface area contributed by atoms with Crippen LogP contribution < -0.4 is 10.2 Å². The van der Waals surface area contributed by atoms with Crippen LogP contribution in [0.4, 0.5) is 5.82 Å². The Balaban J connectivity index is 2.67. The lowest BCUT2D eigenvalue weighted by molar-refractivity contribution is 0.700. The molecule has 0 atom stereocenters. The number of nitrogens with zero attached hydrogens (tertiary/aromatic N) is 2. The molecule has 0 saturated heterocycles. The van der Waals surface area contributed by atoms with Crippen molar-refractivity contribution in [2.75, 3.05) is 25.5 Å². The number of pyridine rings is 1. The first kappa shape index (κ1) is 14.0. The number of aromatic nitrogens is 1. The maximum Gasteiger partial charge on any atom is 0.128 e. The second-order valence-corrected chi connectivity index (χ2v) is 4.63. The summed E-state index contributed by atoms with van der Waals surface area (Å²) in [5.74, 6) is 1.09. The fourth-order valence-corrected chi connectivity index (χ4v) is 1.94. The Hall–Kier alpha value is -1.09. The Bertz CT molecular complexity index is 336. The number of anilines is 1. The van der Waals surface area contributed by atoms with Crippen molar-refractivity contribution in [1.29, 1.82) is 0 Å². The SMILES string of the molecule is CCCCCN(C)c1cc(CNC)cc(C)n1. The highest BCUT2D eigenvalue weighted by molar-refractivity contribution is 5.41. The van der Waals surface area contributed by atoms with E-state index in [4.69, 9.17) is 0 Å². The third-order valence-corrected chi connectivity index (χ3v) is 2.87. The van der Waals surface area contributed by atoms with Crippen LogP contribution in [0, 0.1) is 6.92 Å². The summed E-state index contributed by atoms with van der Waals surface area (Å²) < 4.78 is 0. The second-order valence-electron chi connectivity index (χ2n) is 4.63. The Kier molecular flexibility index (Phi) is 5.98. The predicted molar refractivity (Wildman–Crippen MR) is 74.5 cm³/mol. The predicted octanol–water partition coefficient (Wildman–Crippen LogP) is 2.74.